The molecule has 3 atom stereocenters. The van der Waals surface area contributed by atoms with Gasteiger partial charge in [0.2, 0.25) is 10.0 Å². The van der Waals surface area contributed by atoms with Gasteiger partial charge < -0.3 is 14.5 Å². The van der Waals surface area contributed by atoms with Crippen molar-refractivity contribution in [2.75, 3.05) is 45.5 Å². The van der Waals surface area contributed by atoms with Crippen LogP contribution in [0.3, 0.4) is 0 Å². The fraction of sp³-hybridized carbons (Fsp3) is 0.458. The first-order valence-corrected chi connectivity index (χ1v) is 14.0. The van der Waals surface area contributed by atoms with E-state index < -0.39 is 10.0 Å². The van der Waals surface area contributed by atoms with Gasteiger partial charge in [-0.1, -0.05) is 29.3 Å². The SMILES string of the molecule is CC(Oc1ccc(F)cc1)C1CN(C(=O)N2CCN(S(C)(=O)=O)CC2)CC1c1ccc(Cl)c(Cl)c1. The fourth-order valence-electron chi connectivity index (χ4n) is 4.78. The largest absolute Gasteiger partial charge is 0.490 e. The molecule has 7 nitrogen and oxygen atoms in total. The fourth-order valence-corrected chi connectivity index (χ4v) is 5.92. The van der Waals surface area contributed by atoms with Crippen molar-refractivity contribution >= 4 is 39.3 Å². The molecule has 190 valence electrons. The molecule has 0 spiro atoms. The Labute approximate surface area is 215 Å². The van der Waals surface area contributed by atoms with Crippen molar-refractivity contribution in [3.63, 3.8) is 0 Å². The lowest BCUT2D eigenvalue weighted by atomic mass is 9.85. The summed E-state index contributed by atoms with van der Waals surface area (Å²) in [6.45, 7) is 4.10. The van der Waals surface area contributed by atoms with Crippen LogP contribution in [0.1, 0.15) is 18.4 Å². The highest BCUT2D eigenvalue weighted by Crippen LogP contribution is 2.38. The predicted octanol–water partition coefficient (Wildman–Crippen LogP) is 4.31. The van der Waals surface area contributed by atoms with Crippen LogP contribution in [0.25, 0.3) is 0 Å². The highest BCUT2D eigenvalue weighted by atomic mass is 35.5. The molecule has 11 heteroatoms. The summed E-state index contributed by atoms with van der Waals surface area (Å²) in [6.07, 6.45) is 0.902. The molecule has 2 aliphatic rings. The number of sulfonamides is 1. The van der Waals surface area contributed by atoms with Crippen LogP contribution in [0, 0.1) is 11.7 Å². The van der Waals surface area contributed by atoms with E-state index in [0.717, 1.165) is 5.56 Å². The number of carbonyl (C=O) groups is 1. The summed E-state index contributed by atoms with van der Waals surface area (Å²) in [7, 11) is -3.28. The summed E-state index contributed by atoms with van der Waals surface area (Å²) in [5.74, 6) is 0.0979. The third-order valence-corrected chi connectivity index (χ3v) is 8.77. The van der Waals surface area contributed by atoms with E-state index in [1.165, 1.54) is 22.7 Å². The molecule has 0 aliphatic carbocycles. The average molecular weight is 544 g/mol. The number of hydrogen-bond acceptors (Lipinski definition) is 4. The van der Waals surface area contributed by atoms with E-state index in [-0.39, 0.29) is 42.9 Å². The molecular formula is C24H28Cl2FN3O4S. The van der Waals surface area contributed by atoms with Crippen LogP contribution in [0.5, 0.6) is 5.75 Å². The lowest BCUT2D eigenvalue weighted by Crippen LogP contribution is -2.53. The van der Waals surface area contributed by atoms with Crippen molar-refractivity contribution in [1.29, 1.82) is 0 Å². The second kappa shape index (κ2) is 10.5. The normalized spacial score (nSPS) is 22.3. The van der Waals surface area contributed by atoms with Gasteiger partial charge in [0.25, 0.3) is 0 Å². The van der Waals surface area contributed by atoms with Crippen LogP contribution >= 0.6 is 23.2 Å². The maximum atomic E-state index is 13.4. The van der Waals surface area contributed by atoms with Crippen LogP contribution in [-0.2, 0) is 10.0 Å². The number of halogens is 3. The lowest BCUT2D eigenvalue weighted by molar-refractivity contribution is 0.128. The van der Waals surface area contributed by atoms with Crippen molar-refractivity contribution in [3.8, 4) is 5.75 Å². The van der Waals surface area contributed by atoms with Gasteiger partial charge in [0.15, 0.2) is 0 Å². The van der Waals surface area contributed by atoms with Crippen LogP contribution < -0.4 is 4.74 Å². The zero-order valence-electron chi connectivity index (χ0n) is 19.5. The number of piperazine rings is 1. The highest BCUT2D eigenvalue weighted by molar-refractivity contribution is 7.88. The first kappa shape index (κ1) is 26.0. The second-order valence-electron chi connectivity index (χ2n) is 9.06. The molecule has 2 saturated heterocycles. The monoisotopic (exact) mass is 543 g/mol. The molecule has 2 aromatic carbocycles. The smallest absolute Gasteiger partial charge is 0.320 e. The number of carbonyl (C=O) groups excluding carboxylic acids is 1. The Morgan fingerprint density at radius 2 is 1.66 bits per heavy atom. The molecule has 2 aliphatic heterocycles. The molecule has 35 heavy (non-hydrogen) atoms. The molecule has 4 rings (SSSR count). The zero-order valence-corrected chi connectivity index (χ0v) is 21.9. The lowest BCUT2D eigenvalue weighted by Gasteiger charge is -2.35. The molecular weight excluding hydrogens is 516 g/mol. The molecule has 0 radical (unpaired) electrons. The van der Waals surface area contributed by atoms with Gasteiger partial charge in [0.05, 0.1) is 16.3 Å². The van der Waals surface area contributed by atoms with Crippen LogP contribution in [-0.4, -0.2) is 80.2 Å². The molecule has 0 saturated carbocycles. The van der Waals surface area contributed by atoms with Gasteiger partial charge in [-0.2, -0.15) is 4.31 Å². The van der Waals surface area contributed by atoms with Crippen molar-refractivity contribution < 1.29 is 22.3 Å². The Morgan fingerprint density at radius 3 is 2.26 bits per heavy atom. The number of ether oxygens (including phenoxy) is 1. The number of hydrogen-bond donors (Lipinski definition) is 0. The maximum absolute atomic E-state index is 13.4. The van der Waals surface area contributed by atoms with Gasteiger partial charge >= 0.3 is 6.03 Å². The Morgan fingerprint density at radius 1 is 1.00 bits per heavy atom. The van der Waals surface area contributed by atoms with Crippen molar-refractivity contribution in [3.05, 3.63) is 63.9 Å². The topological polar surface area (TPSA) is 70.2 Å². The molecule has 2 amide bonds. The summed E-state index contributed by atoms with van der Waals surface area (Å²) < 4.78 is 44.5. The van der Waals surface area contributed by atoms with Crippen LogP contribution in [0.15, 0.2) is 42.5 Å². The quantitative estimate of drug-likeness (QED) is 0.563. The van der Waals surface area contributed by atoms with E-state index in [9.17, 15) is 17.6 Å². The Bertz CT molecular complexity index is 1170. The molecule has 0 N–H and O–H groups in total. The minimum absolute atomic E-state index is 0.0542. The summed E-state index contributed by atoms with van der Waals surface area (Å²) >= 11 is 12.4. The first-order chi connectivity index (χ1) is 16.5. The molecule has 3 unspecified atom stereocenters. The number of amides is 2. The summed E-state index contributed by atoms with van der Waals surface area (Å²) in [6, 6.07) is 11.2. The summed E-state index contributed by atoms with van der Waals surface area (Å²) in [5, 5.41) is 0.897. The van der Waals surface area contributed by atoms with E-state index in [1.54, 1.807) is 28.0 Å². The second-order valence-corrected chi connectivity index (χ2v) is 11.9. The molecule has 2 fully saturated rings. The van der Waals surface area contributed by atoms with Crippen molar-refractivity contribution in [2.24, 2.45) is 5.92 Å². The summed E-state index contributed by atoms with van der Waals surface area (Å²) in [5.41, 5.74) is 0.955. The average Bonchev–Trinajstić information content (AvgIpc) is 3.27. The Hall–Kier alpha value is -2.07. The molecule has 0 bridgehead atoms. The first-order valence-electron chi connectivity index (χ1n) is 11.4. The molecule has 2 aromatic rings. The number of nitrogens with zero attached hydrogens (tertiary/aromatic N) is 3. The van der Waals surface area contributed by atoms with Crippen LogP contribution in [0.2, 0.25) is 10.0 Å². The van der Waals surface area contributed by atoms with Crippen LogP contribution in [0.4, 0.5) is 9.18 Å². The Kier molecular flexibility index (Phi) is 7.80. The highest BCUT2D eigenvalue weighted by Gasteiger charge is 2.42. The third-order valence-electron chi connectivity index (χ3n) is 6.72. The number of urea groups is 1. The maximum Gasteiger partial charge on any atom is 0.320 e. The van der Waals surface area contributed by atoms with E-state index in [1.807, 2.05) is 19.1 Å². The Balaban J connectivity index is 1.52. The minimum Gasteiger partial charge on any atom is -0.490 e. The third kappa shape index (κ3) is 6.02. The number of likely N-dealkylation sites (tertiary alicyclic amines) is 1. The van der Waals surface area contributed by atoms with E-state index in [2.05, 4.69) is 0 Å². The summed E-state index contributed by atoms with van der Waals surface area (Å²) in [4.78, 5) is 16.9. The standard InChI is InChI=1S/C24H28Cl2FN3O4S/c1-16(34-19-6-4-18(27)5-7-19)20-14-29(15-21(20)17-3-8-22(25)23(26)13-17)24(31)28-9-11-30(12-10-28)35(2,32)33/h3-8,13,16,20-21H,9-12,14-15H2,1-2H3. The van der Waals surface area contributed by atoms with Crippen molar-refractivity contribution in [1.82, 2.24) is 14.1 Å². The van der Waals surface area contributed by atoms with E-state index >= 15 is 0 Å². The van der Waals surface area contributed by atoms with Gasteiger partial charge in [-0.15, -0.1) is 0 Å². The van der Waals surface area contributed by atoms with Gasteiger partial charge in [0.1, 0.15) is 17.7 Å². The molecule has 0 aromatic heterocycles. The van der Waals surface area contributed by atoms with Gasteiger partial charge in [-0.25, -0.2) is 17.6 Å². The van der Waals surface area contributed by atoms with Gasteiger partial charge in [0, 0.05) is 51.1 Å². The number of benzene rings is 2. The molecule has 2 heterocycles. The zero-order chi connectivity index (χ0) is 25.3. The van der Waals surface area contributed by atoms with Gasteiger partial charge in [-0.05, 0) is 48.9 Å². The number of rotatable bonds is 5. The predicted molar refractivity (Wildman–Crippen MR) is 134 cm³/mol. The minimum atomic E-state index is -3.28. The van der Waals surface area contributed by atoms with Crippen molar-refractivity contribution in [2.45, 2.75) is 18.9 Å². The van der Waals surface area contributed by atoms with E-state index in [0.29, 0.717) is 42.0 Å². The van der Waals surface area contributed by atoms with Gasteiger partial charge in [-0.3, -0.25) is 0 Å². The van der Waals surface area contributed by atoms with E-state index in [4.69, 9.17) is 27.9 Å².